The second kappa shape index (κ2) is 8.15. The molecule has 2 saturated heterocycles. The lowest BCUT2D eigenvalue weighted by Gasteiger charge is -2.28. The minimum absolute atomic E-state index is 0.386. The number of rotatable bonds is 4. The van der Waals surface area contributed by atoms with Gasteiger partial charge in [0.25, 0.3) is 0 Å². The highest BCUT2D eigenvalue weighted by atomic mass is 32.1. The number of piperazine rings is 1. The zero-order valence-electron chi connectivity index (χ0n) is 16.2. The summed E-state index contributed by atoms with van der Waals surface area (Å²) >= 11 is 1.79. The number of anilines is 2. The van der Waals surface area contributed by atoms with Gasteiger partial charge in [0.1, 0.15) is 11.5 Å². The van der Waals surface area contributed by atoms with E-state index in [4.69, 9.17) is 20.4 Å². The molecule has 10 heteroatoms. The maximum atomic E-state index is 5.69. The molecule has 2 aliphatic heterocycles. The molecule has 152 valence electrons. The van der Waals surface area contributed by atoms with Crippen LogP contribution in [0.5, 0.6) is 0 Å². The molecule has 0 atom stereocenters. The van der Waals surface area contributed by atoms with E-state index in [-0.39, 0.29) is 0 Å². The van der Waals surface area contributed by atoms with E-state index in [1.807, 2.05) is 0 Å². The normalized spacial score (nSPS) is 18.4. The van der Waals surface area contributed by atoms with Crippen molar-refractivity contribution in [3.05, 3.63) is 23.3 Å². The number of nitrogens with two attached hydrogens (primary N) is 1. The van der Waals surface area contributed by atoms with E-state index in [1.54, 1.807) is 23.7 Å². The molecule has 0 unspecified atom stereocenters. The van der Waals surface area contributed by atoms with Crippen LogP contribution in [-0.2, 0) is 11.3 Å². The number of nitrogens with zero attached hydrogens (tertiary/aromatic N) is 6. The van der Waals surface area contributed by atoms with Crippen LogP contribution in [0.2, 0.25) is 0 Å². The summed E-state index contributed by atoms with van der Waals surface area (Å²) in [4.78, 5) is 24.3. The maximum Gasteiger partial charge on any atom is 0.182 e. The molecular weight excluding hydrogens is 388 g/mol. The van der Waals surface area contributed by atoms with Crippen LogP contribution < -0.4 is 16.0 Å². The van der Waals surface area contributed by atoms with Gasteiger partial charge in [0.2, 0.25) is 0 Å². The van der Waals surface area contributed by atoms with Crippen molar-refractivity contribution < 1.29 is 4.74 Å². The maximum absolute atomic E-state index is 5.69. The molecule has 0 aliphatic carbocycles. The molecule has 0 spiro atoms. The largest absolute Gasteiger partial charge is 0.382 e. The number of morpholine rings is 1. The van der Waals surface area contributed by atoms with Crippen molar-refractivity contribution in [1.82, 2.24) is 30.2 Å². The molecule has 5 rings (SSSR count). The summed E-state index contributed by atoms with van der Waals surface area (Å²) in [7, 11) is 0. The Labute approximate surface area is 172 Å². The van der Waals surface area contributed by atoms with Gasteiger partial charge in [-0.05, 0) is 6.07 Å². The van der Waals surface area contributed by atoms with Crippen LogP contribution in [0.25, 0.3) is 21.7 Å². The minimum Gasteiger partial charge on any atom is -0.382 e. The van der Waals surface area contributed by atoms with Crippen LogP contribution in [0.3, 0.4) is 0 Å². The summed E-state index contributed by atoms with van der Waals surface area (Å²) < 4.78 is 6.67. The van der Waals surface area contributed by atoms with Crippen molar-refractivity contribution in [2.24, 2.45) is 0 Å². The Kier molecular flexibility index (Phi) is 5.23. The summed E-state index contributed by atoms with van der Waals surface area (Å²) in [6.07, 6.45) is 3.17. The van der Waals surface area contributed by atoms with Crippen molar-refractivity contribution in [1.29, 1.82) is 0 Å². The van der Waals surface area contributed by atoms with Crippen molar-refractivity contribution in [3.8, 4) is 11.5 Å². The molecule has 9 nitrogen and oxygen atoms in total. The fraction of sp³-hybridized carbons (Fsp3) is 0.474. The van der Waals surface area contributed by atoms with Crippen LogP contribution in [0.1, 0.15) is 4.88 Å². The van der Waals surface area contributed by atoms with Gasteiger partial charge in [0.15, 0.2) is 11.6 Å². The van der Waals surface area contributed by atoms with Gasteiger partial charge >= 0.3 is 0 Å². The van der Waals surface area contributed by atoms with Crippen molar-refractivity contribution in [3.63, 3.8) is 0 Å². The molecule has 0 bridgehead atoms. The zero-order chi connectivity index (χ0) is 19.6. The lowest BCUT2D eigenvalue weighted by Crippen LogP contribution is -2.42. The molecule has 2 fully saturated rings. The average molecular weight is 413 g/mol. The Morgan fingerprint density at radius 3 is 2.66 bits per heavy atom. The van der Waals surface area contributed by atoms with E-state index in [0.717, 1.165) is 61.8 Å². The predicted octanol–water partition coefficient (Wildman–Crippen LogP) is 0.972. The summed E-state index contributed by atoms with van der Waals surface area (Å²) in [5.74, 6) is 1.93. The van der Waals surface area contributed by atoms with Crippen molar-refractivity contribution in [2.45, 2.75) is 6.54 Å². The Morgan fingerprint density at radius 1 is 1.07 bits per heavy atom. The lowest BCUT2D eigenvalue weighted by molar-refractivity contribution is 0.122. The molecule has 0 saturated carbocycles. The fourth-order valence-electron chi connectivity index (χ4n) is 3.69. The van der Waals surface area contributed by atoms with Gasteiger partial charge in [-0.2, -0.15) is 0 Å². The van der Waals surface area contributed by atoms with Gasteiger partial charge in [-0.25, -0.2) is 19.9 Å². The number of aromatic nitrogens is 4. The second-order valence-electron chi connectivity index (χ2n) is 7.25. The first-order valence-electron chi connectivity index (χ1n) is 9.90. The smallest absolute Gasteiger partial charge is 0.182 e. The first-order chi connectivity index (χ1) is 14.3. The topological polar surface area (TPSA) is 105 Å². The molecule has 5 heterocycles. The number of thiophene rings is 1. The third-order valence-corrected chi connectivity index (χ3v) is 6.31. The van der Waals surface area contributed by atoms with Gasteiger partial charge in [0.05, 0.1) is 35.8 Å². The molecular formula is C19H24N8OS. The first-order valence-corrected chi connectivity index (χ1v) is 10.7. The highest BCUT2D eigenvalue weighted by molar-refractivity contribution is 7.19. The third-order valence-electron chi connectivity index (χ3n) is 5.21. The van der Waals surface area contributed by atoms with Gasteiger partial charge in [-0.15, -0.1) is 11.3 Å². The van der Waals surface area contributed by atoms with E-state index in [1.165, 1.54) is 4.88 Å². The monoisotopic (exact) mass is 412 g/mol. The summed E-state index contributed by atoms with van der Waals surface area (Å²) in [6, 6.07) is 2.20. The zero-order valence-corrected chi connectivity index (χ0v) is 17.0. The number of nitrogen functional groups attached to an aromatic ring is 1. The lowest BCUT2D eigenvalue weighted by atomic mass is 10.3. The Morgan fingerprint density at radius 2 is 1.90 bits per heavy atom. The van der Waals surface area contributed by atoms with Crippen LogP contribution in [0.4, 0.5) is 11.6 Å². The molecule has 3 N–H and O–H groups in total. The molecule has 0 amide bonds. The number of nitrogens with one attached hydrogen (secondary N) is 1. The summed E-state index contributed by atoms with van der Waals surface area (Å²) in [5.41, 5.74) is 7.28. The van der Waals surface area contributed by atoms with Gasteiger partial charge < -0.3 is 20.7 Å². The molecule has 3 aromatic rings. The van der Waals surface area contributed by atoms with Crippen LogP contribution in [-0.4, -0.2) is 77.3 Å². The number of hydrogen-bond donors (Lipinski definition) is 2. The summed E-state index contributed by atoms with van der Waals surface area (Å²) in [5, 5.41) is 3.41. The first kappa shape index (κ1) is 18.6. The Bertz CT molecular complexity index is 980. The molecule has 3 aromatic heterocycles. The number of hydrogen-bond acceptors (Lipinski definition) is 10. The van der Waals surface area contributed by atoms with Crippen molar-refractivity contribution >= 4 is 33.2 Å². The number of fused-ring (bicyclic) bond motifs is 1. The van der Waals surface area contributed by atoms with Crippen molar-refractivity contribution in [2.75, 3.05) is 63.1 Å². The summed E-state index contributed by atoms with van der Waals surface area (Å²) in [6.45, 7) is 8.25. The van der Waals surface area contributed by atoms with E-state index in [2.05, 4.69) is 31.2 Å². The molecule has 2 aliphatic rings. The highest BCUT2D eigenvalue weighted by Crippen LogP contribution is 2.34. The SMILES string of the molecule is Nc1cnc(-c2nc(N3CCOCC3)c3sc(CN4CCNCC4)cc3n2)cn1. The quantitative estimate of drug-likeness (QED) is 0.648. The highest BCUT2D eigenvalue weighted by Gasteiger charge is 2.21. The van der Waals surface area contributed by atoms with Crippen LogP contribution >= 0.6 is 11.3 Å². The standard InChI is InChI=1S/C19H24N8OS/c20-16-11-22-15(10-23-16)18-24-14-9-13(12-26-3-1-21-2-4-26)29-17(14)19(25-18)27-5-7-28-8-6-27/h9-11,21H,1-8,12H2,(H2,20,23). The molecule has 0 aromatic carbocycles. The van der Waals surface area contributed by atoms with Crippen LogP contribution in [0.15, 0.2) is 18.5 Å². The minimum atomic E-state index is 0.386. The van der Waals surface area contributed by atoms with Gasteiger partial charge in [-0.3, -0.25) is 4.90 Å². The van der Waals surface area contributed by atoms with E-state index in [9.17, 15) is 0 Å². The van der Waals surface area contributed by atoms with Crippen LogP contribution in [0, 0.1) is 0 Å². The van der Waals surface area contributed by atoms with Gasteiger partial charge in [-0.1, -0.05) is 0 Å². The van der Waals surface area contributed by atoms with E-state index < -0.39 is 0 Å². The Hall–Kier alpha value is -2.40. The van der Waals surface area contributed by atoms with E-state index in [0.29, 0.717) is 30.5 Å². The Balaban J connectivity index is 1.54. The average Bonchev–Trinajstić information content (AvgIpc) is 3.17. The third kappa shape index (κ3) is 4.01. The van der Waals surface area contributed by atoms with E-state index >= 15 is 0 Å². The predicted molar refractivity (Wildman–Crippen MR) is 114 cm³/mol. The fourth-order valence-corrected chi connectivity index (χ4v) is 4.84. The molecule has 29 heavy (non-hydrogen) atoms. The van der Waals surface area contributed by atoms with Gasteiger partial charge in [0, 0.05) is 50.7 Å². The second-order valence-corrected chi connectivity index (χ2v) is 8.39. The number of ether oxygens (including phenoxy) is 1. The molecule has 0 radical (unpaired) electrons.